The topological polar surface area (TPSA) is 51.8 Å². The van der Waals surface area contributed by atoms with Crippen molar-refractivity contribution in [3.8, 4) is 0 Å². The van der Waals surface area contributed by atoms with Crippen LogP contribution in [0.5, 0.6) is 0 Å². The number of aromatic nitrogens is 2. The van der Waals surface area contributed by atoms with Gasteiger partial charge in [0.25, 0.3) is 0 Å². The molecule has 1 unspecified atom stereocenters. The number of nitrogens with zero attached hydrogens (tertiary/aromatic N) is 2. The van der Waals surface area contributed by atoms with E-state index in [1.807, 2.05) is 6.92 Å². The maximum absolute atomic E-state index is 6.03. The molecular weight excluding hydrogens is 234 g/mol. The van der Waals surface area contributed by atoms with Gasteiger partial charge in [-0.1, -0.05) is 31.2 Å². The highest BCUT2D eigenvalue weighted by Gasteiger charge is 2.26. The molecule has 1 aromatic heterocycles. The Morgan fingerprint density at radius 1 is 1.26 bits per heavy atom. The van der Waals surface area contributed by atoms with Gasteiger partial charge in [-0.15, -0.1) is 0 Å². The van der Waals surface area contributed by atoms with Gasteiger partial charge >= 0.3 is 0 Å². The van der Waals surface area contributed by atoms with E-state index >= 15 is 0 Å². The van der Waals surface area contributed by atoms with E-state index in [1.165, 1.54) is 11.1 Å². The molecule has 0 aliphatic heterocycles. The van der Waals surface area contributed by atoms with Gasteiger partial charge in [-0.05, 0) is 37.3 Å². The summed E-state index contributed by atoms with van der Waals surface area (Å²) in [6.45, 7) is 4.11. The number of benzene rings is 1. The Bertz CT molecular complexity index is 619. The first kappa shape index (κ1) is 12.2. The van der Waals surface area contributed by atoms with Crippen LogP contribution >= 0.6 is 0 Å². The molecule has 0 amide bonds. The molecule has 0 saturated carbocycles. The molecule has 0 saturated heterocycles. The zero-order valence-corrected chi connectivity index (χ0v) is 11.5. The Morgan fingerprint density at radius 2 is 2.05 bits per heavy atom. The first-order chi connectivity index (χ1) is 9.20. The van der Waals surface area contributed by atoms with Crippen molar-refractivity contribution >= 4 is 5.82 Å². The van der Waals surface area contributed by atoms with Crippen LogP contribution in [0.3, 0.4) is 0 Å². The number of rotatable bonds is 2. The van der Waals surface area contributed by atoms with Gasteiger partial charge in [0.1, 0.15) is 11.6 Å². The molecule has 19 heavy (non-hydrogen) atoms. The van der Waals surface area contributed by atoms with Gasteiger partial charge in [-0.2, -0.15) is 0 Å². The van der Waals surface area contributed by atoms with Crippen LogP contribution in [0.1, 0.15) is 47.5 Å². The SMILES string of the molecule is CCc1nc(C2CCc3ccccc32)nc(N)c1C. The van der Waals surface area contributed by atoms with Crippen molar-refractivity contribution in [2.45, 2.75) is 39.0 Å². The molecule has 3 heteroatoms. The molecule has 2 N–H and O–H groups in total. The van der Waals surface area contributed by atoms with Crippen molar-refractivity contribution in [1.29, 1.82) is 0 Å². The van der Waals surface area contributed by atoms with E-state index in [4.69, 9.17) is 10.7 Å². The van der Waals surface area contributed by atoms with Crippen LogP contribution in [0.4, 0.5) is 5.82 Å². The first-order valence-corrected chi connectivity index (χ1v) is 6.91. The van der Waals surface area contributed by atoms with Crippen molar-refractivity contribution < 1.29 is 0 Å². The molecule has 1 heterocycles. The van der Waals surface area contributed by atoms with Crippen LogP contribution < -0.4 is 5.73 Å². The highest BCUT2D eigenvalue weighted by atomic mass is 15.0. The van der Waals surface area contributed by atoms with Crippen molar-refractivity contribution in [1.82, 2.24) is 9.97 Å². The van der Waals surface area contributed by atoms with E-state index in [2.05, 4.69) is 36.2 Å². The molecule has 2 aromatic rings. The molecule has 98 valence electrons. The van der Waals surface area contributed by atoms with Gasteiger partial charge in [0.05, 0.1) is 0 Å². The number of hydrogen-bond acceptors (Lipinski definition) is 3. The van der Waals surface area contributed by atoms with Crippen LogP contribution in [0.25, 0.3) is 0 Å². The molecule has 1 aliphatic rings. The number of aryl methyl sites for hydroxylation is 2. The van der Waals surface area contributed by atoms with Crippen LogP contribution in [-0.4, -0.2) is 9.97 Å². The summed E-state index contributed by atoms with van der Waals surface area (Å²) in [7, 11) is 0. The third-order valence-electron chi connectivity index (χ3n) is 4.08. The van der Waals surface area contributed by atoms with Crippen molar-refractivity contribution in [2.24, 2.45) is 0 Å². The lowest BCUT2D eigenvalue weighted by Crippen LogP contribution is -2.10. The summed E-state index contributed by atoms with van der Waals surface area (Å²) in [6, 6.07) is 8.59. The number of fused-ring (bicyclic) bond motifs is 1. The Morgan fingerprint density at radius 3 is 2.84 bits per heavy atom. The van der Waals surface area contributed by atoms with Gasteiger partial charge in [-0.3, -0.25) is 0 Å². The second-order valence-electron chi connectivity index (χ2n) is 5.18. The normalized spacial score (nSPS) is 17.5. The van der Waals surface area contributed by atoms with E-state index in [0.29, 0.717) is 11.7 Å². The molecule has 3 rings (SSSR count). The van der Waals surface area contributed by atoms with Crippen LogP contribution in [0.15, 0.2) is 24.3 Å². The molecule has 0 spiro atoms. The summed E-state index contributed by atoms with van der Waals surface area (Å²) in [4.78, 5) is 9.27. The molecule has 1 aromatic carbocycles. The highest BCUT2D eigenvalue weighted by molar-refractivity contribution is 5.44. The monoisotopic (exact) mass is 253 g/mol. The predicted molar refractivity (Wildman–Crippen MR) is 77.2 cm³/mol. The second-order valence-corrected chi connectivity index (χ2v) is 5.18. The first-order valence-electron chi connectivity index (χ1n) is 6.91. The van der Waals surface area contributed by atoms with Crippen LogP contribution in [0, 0.1) is 6.92 Å². The number of hydrogen-bond donors (Lipinski definition) is 1. The van der Waals surface area contributed by atoms with E-state index in [9.17, 15) is 0 Å². The maximum atomic E-state index is 6.03. The van der Waals surface area contributed by atoms with E-state index in [0.717, 1.165) is 36.3 Å². The summed E-state index contributed by atoms with van der Waals surface area (Å²) in [5.74, 6) is 1.83. The van der Waals surface area contributed by atoms with Crippen LogP contribution in [-0.2, 0) is 12.8 Å². The Labute approximate surface area is 113 Å². The highest BCUT2D eigenvalue weighted by Crippen LogP contribution is 2.36. The summed E-state index contributed by atoms with van der Waals surface area (Å²) in [5, 5.41) is 0. The fourth-order valence-corrected chi connectivity index (χ4v) is 2.93. The molecule has 3 nitrogen and oxygen atoms in total. The lowest BCUT2D eigenvalue weighted by molar-refractivity contribution is 0.718. The van der Waals surface area contributed by atoms with Gasteiger partial charge < -0.3 is 5.73 Å². The Kier molecular flexibility index (Phi) is 2.97. The smallest absolute Gasteiger partial charge is 0.138 e. The fourth-order valence-electron chi connectivity index (χ4n) is 2.93. The average molecular weight is 253 g/mol. The predicted octanol–water partition coefficient (Wildman–Crippen LogP) is 3.01. The standard InChI is InChI=1S/C16H19N3/c1-3-14-10(2)15(17)19-16(18-14)13-9-8-11-6-4-5-7-12(11)13/h4-7,13H,3,8-9H2,1-2H3,(H2,17,18,19). The lowest BCUT2D eigenvalue weighted by atomic mass is 10.00. The number of nitrogens with two attached hydrogens (primary N) is 1. The second kappa shape index (κ2) is 4.65. The van der Waals surface area contributed by atoms with E-state index < -0.39 is 0 Å². The average Bonchev–Trinajstić information content (AvgIpc) is 2.85. The number of anilines is 1. The third-order valence-corrected chi connectivity index (χ3v) is 4.08. The summed E-state index contributed by atoms with van der Waals surface area (Å²) < 4.78 is 0. The minimum atomic E-state index is 0.310. The largest absolute Gasteiger partial charge is 0.383 e. The van der Waals surface area contributed by atoms with Crippen molar-refractivity contribution in [3.05, 3.63) is 52.5 Å². The Balaban J connectivity index is 2.07. The van der Waals surface area contributed by atoms with Crippen molar-refractivity contribution in [3.63, 3.8) is 0 Å². The quantitative estimate of drug-likeness (QED) is 0.895. The van der Waals surface area contributed by atoms with E-state index in [1.54, 1.807) is 0 Å². The zero-order chi connectivity index (χ0) is 13.4. The van der Waals surface area contributed by atoms with Gasteiger partial charge in [0, 0.05) is 17.2 Å². The molecule has 1 atom stereocenters. The minimum absolute atomic E-state index is 0.310. The maximum Gasteiger partial charge on any atom is 0.138 e. The molecule has 0 bridgehead atoms. The van der Waals surface area contributed by atoms with Gasteiger partial charge in [0.15, 0.2) is 0 Å². The molecule has 1 aliphatic carbocycles. The van der Waals surface area contributed by atoms with Crippen molar-refractivity contribution in [2.75, 3.05) is 5.73 Å². The minimum Gasteiger partial charge on any atom is -0.383 e. The molecule has 0 radical (unpaired) electrons. The lowest BCUT2D eigenvalue weighted by Gasteiger charge is -2.14. The van der Waals surface area contributed by atoms with Gasteiger partial charge in [-0.25, -0.2) is 9.97 Å². The van der Waals surface area contributed by atoms with Crippen LogP contribution in [0.2, 0.25) is 0 Å². The Hall–Kier alpha value is -1.90. The van der Waals surface area contributed by atoms with Gasteiger partial charge in [0.2, 0.25) is 0 Å². The molecule has 0 fully saturated rings. The zero-order valence-electron chi connectivity index (χ0n) is 11.5. The fraction of sp³-hybridized carbons (Fsp3) is 0.375. The summed E-state index contributed by atoms with van der Waals surface area (Å²) in [6.07, 6.45) is 3.10. The number of nitrogen functional groups attached to an aromatic ring is 1. The third kappa shape index (κ3) is 1.99. The summed E-state index contributed by atoms with van der Waals surface area (Å²) >= 11 is 0. The molecular formula is C16H19N3. The van der Waals surface area contributed by atoms with E-state index in [-0.39, 0.29) is 0 Å². The summed E-state index contributed by atoms with van der Waals surface area (Å²) in [5.41, 5.74) is 10.9.